The molecule has 1 aromatic carbocycles. The Morgan fingerprint density at radius 1 is 1.56 bits per heavy atom. The molecule has 0 unspecified atom stereocenters. The Morgan fingerprint density at radius 3 is 2.81 bits per heavy atom. The van der Waals surface area contributed by atoms with E-state index in [2.05, 4.69) is 15.9 Å². The molecule has 1 rings (SSSR count). The first-order valence-corrected chi connectivity index (χ1v) is 6.45. The van der Waals surface area contributed by atoms with Gasteiger partial charge in [-0.05, 0) is 23.8 Å². The average molecular weight is 308 g/mol. The van der Waals surface area contributed by atoms with Gasteiger partial charge in [-0.1, -0.05) is 15.9 Å². The fourth-order valence-corrected chi connectivity index (χ4v) is 2.50. The van der Waals surface area contributed by atoms with E-state index in [-0.39, 0.29) is 5.82 Å². The van der Waals surface area contributed by atoms with Crippen LogP contribution in [-0.4, -0.2) is 22.9 Å². The lowest BCUT2D eigenvalue weighted by molar-refractivity contribution is -0.137. The van der Waals surface area contributed by atoms with Crippen LogP contribution in [0.4, 0.5) is 4.39 Å². The summed E-state index contributed by atoms with van der Waals surface area (Å²) in [6, 6.07) is 3.71. The Labute approximate surface area is 105 Å². The summed E-state index contributed by atoms with van der Waals surface area (Å²) >= 11 is 4.56. The fraction of sp³-hybridized carbons (Fsp3) is 0.300. The molecule has 0 bridgehead atoms. The van der Waals surface area contributed by atoms with Gasteiger partial charge in [0, 0.05) is 16.0 Å². The van der Waals surface area contributed by atoms with Crippen molar-refractivity contribution in [1.82, 2.24) is 0 Å². The highest BCUT2D eigenvalue weighted by atomic mass is 79.9. The van der Waals surface area contributed by atoms with Crippen LogP contribution in [0.5, 0.6) is 0 Å². The minimum Gasteiger partial charge on any atom is -0.480 e. The van der Waals surface area contributed by atoms with E-state index in [1.165, 1.54) is 23.9 Å². The fourth-order valence-electron chi connectivity index (χ4n) is 1.07. The number of nitrogens with two attached hydrogens (primary N) is 1. The predicted molar refractivity (Wildman–Crippen MR) is 65.9 cm³/mol. The highest BCUT2D eigenvalue weighted by Crippen LogP contribution is 2.19. The molecule has 0 aromatic heterocycles. The Balaban J connectivity index is 2.46. The summed E-state index contributed by atoms with van der Waals surface area (Å²) in [5.41, 5.74) is 6.14. The quantitative estimate of drug-likeness (QED) is 0.875. The van der Waals surface area contributed by atoms with Gasteiger partial charge in [0.25, 0.3) is 0 Å². The minimum atomic E-state index is -1.02. The van der Waals surface area contributed by atoms with Gasteiger partial charge in [-0.2, -0.15) is 11.8 Å². The smallest absolute Gasteiger partial charge is 0.321 e. The molecule has 0 heterocycles. The molecule has 0 spiro atoms. The van der Waals surface area contributed by atoms with Gasteiger partial charge >= 0.3 is 5.97 Å². The van der Waals surface area contributed by atoms with Crippen molar-refractivity contribution in [3.05, 3.63) is 34.1 Å². The van der Waals surface area contributed by atoms with E-state index >= 15 is 0 Å². The molecule has 0 aliphatic heterocycles. The molecule has 0 aliphatic rings. The van der Waals surface area contributed by atoms with Gasteiger partial charge in [-0.15, -0.1) is 0 Å². The van der Waals surface area contributed by atoms with Gasteiger partial charge in [0.15, 0.2) is 0 Å². The highest BCUT2D eigenvalue weighted by Gasteiger charge is 2.11. The second kappa shape index (κ2) is 6.22. The molecule has 1 aromatic rings. The Bertz CT molecular complexity index is 369. The van der Waals surface area contributed by atoms with Gasteiger partial charge in [0.2, 0.25) is 0 Å². The Morgan fingerprint density at radius 2 is 2.25 bits per heavy atom. The van der Waals surface area contributed by atoms with E-state index in [9.17, 15) is 9.18 Å². The van der Waals surface area contributed by atoms with Gasteiger partial charge in [-0.25, -0.2) is 4.39 Å². The number of rotatable bonds is 5. The predicted octanol–water partition coefficient (Wildman–Crippen LogP) is 2.23. The minimum absolute atomic E-state index is 0.309. The molecule has 1 atom stereocenters. The number of hydrogen-bond donors (Lipinski definition) is 2. The van der Waals surface area contributed by atoms with Crippen molar-refractivity contribution in [3.8, 4) is 0 Å². The maximum absolute atomic E-state index is 13.0. The first kappa shape index (κ1) is 13.5. The first-order valence-electron chi connectivity index (χ1n) is 4.50. The number of thioether (sulfide) groups is 1. The van der Waals surface area contributed by atoms with Crippen LogP contribution >= 0.6 is 27.7 Å². The number of halogens is 2. The van der Waals surface area contributed by atoms with Crippen LogP contribution in [-0.2, 0) is 10.5 Å². The lowest BCUT2D eigenvalue weighted by Gasteiger charge is -2.06. The highest BCUT2D eigenvalue weighted by molar-refractivity contribution is 9.10. The number of aliphatic carboxylic acids is 1. The first-order chi connectivity index (χ1) is 7.49. The molecule has 0 saturated heterocycles. The molecule has 0 saturated carbocycles. The average Bonchev–Trinajstić information content (AvgIpc) is 2.15. The molecule has 0 fully saturated rings. The zero-order valence-electron chi connectivity index (χ0n) is 8.32. The van der Waals surface area contributed by atoms with E-state index in [1.54, 1.807) is 6.07 Å². The van der Waals surface area contributed by atoms with Crippen LogP contribution < -0.4 is 5.73 Å². The van der Waals surface area contributed by atoms with E-state index < -0.39 is 12.0 Å². The Kier molecular flexibility index (Phi) is 5.24. The molecule has 16 heavy (non-hydrogen) atoms. The van der Waals surface area contributed by atoms with Gasteiger partial charge in [0.05, 0.1) is 0 Å². The maximum Gasteiger partial charge on any atom is 0.321 e. The van der Waals surface area contributed by atoms with E-state index in [1.807, 2.05) is 0 Å². The van der Waals surface area contributed by atoms with Crippen molar-refractivity contribution >= 4 is 33.7 Å². The monoisotopic (exact) mass is 307 g/mol. The summed E-state index contributed by atoms with van der Waals surface area (Å²) in [6.07, 6.45) is 0. The second-order valence-electron chi connectivity index (χ2n) is 3.24. The zero-order valence-corrected chi connectivity index (χ0v) is 10.7. The van der Waals surface area contributed by atoms with Crippen LogP contribution in [0.25, 0.3) is 0 Å². The van der Waals surface area contributed by atoms with Crippen LogP contribution in [0.2, 0.25) is 0 Å². The molecule has 0 aliphatic carbocycles. The SMILES string of the molecule is N[C@@H](CSCc1cc(F)cc(Br)c1)C(=O)O. The van der Waals surface area contributed by atoms with Gasteiger partial charge in [0.1, 0.15) is 11.9 Å². The van der Waals surface area contributed by atoms with Crippen molar-refractivity contribution in [3.63, 3.8) is 0 Å². The van der Waals surface area contributed by atoms with Crippen LogP contribution in [0.1, 0.15) is 5.56 Å². The number of carbonyl (C=O) groups is 1. The number of hydrogen-bond acceptors (Lipinski definition) is 3. The summed E-state index contributed by atoms with van der Waals surface area (Å²) in [6.45, 7) is 0. The maximum atomic E-state index is 13.0. The summed E-state index contributed by atoms with van der Waals surface area (Å²) in [4.78, 5) is 10.4. The third-order valence-corrected chi connectivity index (χ3v) is 3.40. The van der Waals surface area contributed by atoms with E-state index in [0.29, 0.717) is 16.0 Å². The Hall–Kier alpha value is -0.590. The lowest BCUT2D eigenvalue weighted by Crippen LogP contribution is -2.32. The lowest BCUT2D eigenvalue weighted by atomic mass is 10.2. The molecule has 3 N–H and O–H groups in total. The standard InChI is InChI=1S/C10H11BrFNO2S/c11-7-1-6(2-8(12)3-7)4-16-5-9(13)10(14)15/h1-3,9H,4-5,13H2,(H,14,15)/t9-/m0/s1. The molecular formula is C10H11BrFNO2S. The summed E-state index contributed by atoms with van der Waals surface area (Å²) < 4.78 is 13.7. The topological polar surface area (TPSA) is 63.3 Å². The van der Waals surface area contributed by atoms with Gasteiger partial charge in [-0.3, -0.25) is 4.79 Å². The third-order valence-electron chi connectivity index (χ3n) is 1.81. The summed E-state index contributed by atoms with van der Waals surface area (Å²) in [7, 11) is 0. The van der Waals surface area contributed by atoms with Crippen LogP contribution in [0, 0.1) is 5.82 Å². The molecule has 88 valence electrons. The molecule has 6 heteroatoms. The largest absolute Gasteiger partial charge is 0.480 e. The van der Waals surface area contributed by atoms with Crippen LogP contribution in [0.15, 0.2) is 22.7 Å². The van der Waals surface area contributed by atoms with Crippen molar-refractivity contribution < 1.29 is 14.3 Å². The normalized spacial score (nSPS) is 12.4. The summed E-state index contributed by atoms with van der Waals surface area (Å²) in [5, 5.41) is 8.56. The number of carboxylic acid groups (broad SMARTS) is 1. The van der Waals surface area contributed by atoms with Crippen molar-refractivity contribution in [2.45, 2.75) is 11.8 Å². The van der Waals surface area contributed by atoms with E-state index in [4.69, 9.17) is 10.8 Å². The van der Waals surface area contributed by atoms with Gasteiger partial charge < -0.3 is 10.8 Å². The van der Waals surface area contributed by atoms with Crippen molar-refractivity contribution in [2.75, 3.05) is 5.75 Å². The van der Waals surface area contributed by atoms with Crippen molar-refractivity contribution in [2.24, 2.45) is 5.73 Å². The molecular weight excluding hydrogens is 297 g/mol. The second-order valence-corrected chi connectivity index (χ2v) is 5.18. The zero-order chi connectivity index (χ0) is 12.1. The molecule has 0 radical (unpaired) electrons. The van der Waals surface area contributed by atoms with Crippen molar-refractivity contribution in [1.29, 1.82) is 0 Å². The van der Waals surface area contributed by atoms with E-state index in [0.717, 1.165) is 5.56 Å². The summed E-state index contributed by atoms with van der Waals surface area (Å²) in [5.74, 6) is -0.485. The number of carboxylic acids is 1. The number of benzene rings is 1. The third kappa shape index (κ3) is 4.51. The van der Waals surface area contributed by atoms with Crippen LogP contribution in [0.3, 0.4) is 0 Å². The molecule has 3 nitrogen and oxygen atoms in total. The molecule has 0 amide bonds.